The maximum atomic E-state index is 5.43. The molecule has 0 aliphatic carbocycles. The number of hydrogen-bond donors (Lipinski definition) is 1. The van der Waals surface area contributed by atoms with Gasteiger partial charge in [0, 0.05) is 7.11 Å². The number of benzene rings is 1. The van der Waals surface area contributed by atoms with E-state index in [1.807, 2.05) is 18.2 Å². The number of nitrogens with zero attached hydrogens (tertiary/aromatic N) is 1. The lowest BCUT2D eigenvalue weighted by Gasteiger charge is -2.08. The summed E-state index contributed by atoms with van der Waals surface area (Å²) < 4.78 is 14.9. The molecule has 0 radical (unpaired) electrons. The molecule has 1 aromatic heterocycles. The van der Waals surface area contributed by atoms with E-state index in [1.54, 1.807) is 6.07 Å². The Morgan fingerprint density at radius 1 is 1.43 bits per heavy atom. The van der Waals surface area contributed by atoms with E-state index >= 15 is 0 Å². The van der Waals surface area contributed by atoms with Crippen molar-refractivity contribution in [2.75, 3.05) is 7.11 Å². The van der Waals surface area contributed by atoms with Gasteiger partial charge < -0.3 is 14.0 Å². The predicted octanol–water partition coefficient (Wildman–Crippen LogP) is 1.10. The zero-order chi connectivity index (χ0) is 9.97. The molecule has 1 atom stereocenters. The standard InChI is InChI=1S/C9H10N2O3/c1-12-9(10)13-8-6-4-2-3-5-7(6)14-11-8/h2-5,9H,10H2,1H3. The van der Waals surface area contributed by atoms with Crippen molar-refractivity contribution in [1.82, 2.24) is 5.16 Å². The summed E-state index contributed by atoms with van der Waals surface area (Å²) in [6.07, 6.45) is -0.830. The highest BCUT2D eigenvalue weighted by molar-refractivity contribution is 5.81. The van der Waals surface area contributed by atoms with E-state index in [0.717, 1.165) is 5.39 Å². The van der Waals surface area contributed by atoms with Crippen molar-refractivity contribution in [3.63, 3.8) is 0 Å². The number of hydrogen-bond acceptors (Lipinski definition) is 5. The van der Waals surface area contributed by atoms with Crippen LogP contribution in [0.1, 0.15) is 0 Å². The average Bonchev–Trinajstić information content (AvgIpc) is 2.62. The number of ether oxygens (including phenoxy) is 2. The first-order chi connectivity index (χ1) is 6.81. The Balaban J connectivity index is 2.33. The van der Waals surface area contributed by atoms with Gasteiger partial charge in [0.25, 0.3) is 12.3 Å². The van der Waals surface area contributed by atoms with Crippen LogP contribution in [0.15, 0.2) is 28.8 Å². The first-order valence-corrected chi connectivity index (χ1v) is 4.10. The molecule has 74 valence electrons. The molecule has 1 unspecified atom stereocenters. The summed E-state index contributed by atoms with van der Waals surface area (Å²) in [5.41, 5.74) is 6.09. The number of aromatic nitrogens is 1. The molecule has 1 heterocycles. The molecule has 0 fully saturated rings. The minimum atomic E-state index is -0.830. The Kier molecular flexibility index (Phi) is 2.34. The molecular formula is C9H10N2O3. The molecule has 0 aliphatic heterocycles. The Hall–Kier alpha value is -1.59. The Labute approximate surface area is 80.4 Å². The van der Waals surface area contributed by atoms with Crippen LogP contribution in [-0.4, -0.2) is 18.7 Å². The van der Waals surface area contributed by atoms with E-state index in [1.165, 1.54) is 7.11 Å². The van der Waals surface area contributed by atoms with E-state index in [-0.39, 0.29) is 0 Å². The Bertz CT molecular complexity index is 427. The molecule has 0 saturated heterocycles. The van der Waals surface area contributed by atoms with Gasteiger partial charge in [-0.15, -0.1) is 0 Å². The second-order valence-corrected chi connectivity index (χ2v) is 2.71. The largest absolute Gasteiger partial charge is 0.431 e. The van der Waals surface area contributed by atoms with Crippen LogP contribution in [-0.2, 0) is 4.74 Å². The molecule has 0 bridgehead atoms. The SMILES string of the molecule is COC(N)Oc1noc2ccccc12. The fourth-order valence-corrected chi connectivity index (χ4v) is 1.11. The van der Waals surface area contributed by atoms with Crippen molar-refractivity contribution in [3.05, 3.63) is 24.3 Å². The van der Waals surface area contributed by atoms with Crippen LogP contribution in [0.25, 0.3) is 11.0 Å². The average molecular weight is 194 g/mol. The monoisotopic (exact) mass is 194 g/mol. The van der Waals surface area contributed by atoms with Crippen molar-refractivity contribution >= 4 is 11.0 Å². The van der Waals surface area contributed by atoms with Crippen LogP contribution in [0, 0.1) is 0 Å². The Morgan fingerprint density at radius 2 is 2.21 bits per heavy atom. The Morgan fingerprint density at radius 3 is 3.00 bits per heavy atom. The summed E-state index contributed by atoms with van der Waals surface area (Å²) in [6.45, 7) is 0. The molecular weight excluding hydrogens is 184 g/mol. The van der Waals surface area contributed by atoms with E-state index in [2.05, 4.69) is 5.16 Å². The maximum Gasteiger partial charge on any atom is 0.265 e. The molecule has 0 amide bonds. The third-order valence-electron chi connectivity index (χ3n) is 1.80. The lowest BCUT2D eigenvalue weighted by Crippen LogP contribution is -2.29. The van der Waals surface area contributed by atoms with Crippen LogP contribution in [0.3, 0.4) is 0 Å². The number of methoxy groups -OCH3 is 1. The quantitative estimate of drug-likeness (QED) is 0.740. The van der Waals surface area contributed by atoms with E-state index in [0.29, 0.717) is 11.5 Å². The van der Waals surface area contributed by atoms with Gasteiger partial charge in [-0.1, -0.05) is 12.1 Å². The normalized spacial score (nSPS) is 13.0. The summed E-state index contributed by atoms with van der Waals surface area (Å²) in [5, 5.41) is 4.50. The van der Waals surface area contributed by atoms with Crippen LogP contribution < -0.4 is 10.5 Å². The first-order valence-electron chi connectivity index (χ1n) is 4.10. The highest BCUT2D eigenvalue weighted by Gasteiger charge is 2.11. The zero-order valence-electron chi connectivity index (χ0n) is 7.64. The lowest BCUT2D eigenvalue weighted by molar-refractivity contribution is -0.0510. The number of fused-ring (bicyclic) bond motifs is 1. The fraction of sp³-hybridized carbons (Fsp3) is 0.222. The van der Waals surface area contributed by atoms with Crippen molar-refractivity contribution < 1.29 is 14.0 Å². The van der Waals surface area contributed by atoms with Gasteiger partial charge in [-0.05, 0) is 17.3 Å². The predicted molar refractivity (Wildman–Crippen MR) is 49.6 cm³/mol. The number of para-hydroxylation sites is 1. The highest BCUT2D eigenvalue weighted by Crippen LogP contribution is 2.24. The smallest absolute Gasteiger partial charge is 0.265 e. The molecule has 0 saturated carbocycles. The van der Waals surface area contributed by atoms with E-state index < -0.39 is 6.41 Å². The zero-order valence-corrected chi connectivity index (χ0v) is 7.64. The van der Waals surface area contributed by atoms with Gasteiger partial charge in [-0.3, -0.25) is 5.73 Å². The van der Waals surface area contributed by atoms with Gasteiger partial charge in [0.1, 0.15) is 0 Å². The molecule has 2 N–H and O–H groups in total. The summed E-state index contributed by atoms with van der Waals surface area (Å²) in [6, 6.07) is 7.36. The van der Waals surface area contributed by atoms with E-state index in [9.17, 15) is 0 Å². The van der Waals surface area contributed by atoms with Crippen LogP contribution in [0.4, 0.5) is 0 Å². The minimum absolute atomic E-state index is 0.343. The van der Waals surface area contributed by atoms with Crippen molar-refractivity contribution in [2.45, 2.75) is 6.41 Å². The van der Waals surface area contributed by atoms with Crippen molar-refractivity contribution in [3.8, 4) is 5.88 Å². The maximum absolute atomic E-state index is 5.43. The summed E-state index contributed by atoms with van der Waals surface area (Å²) in [4.78, 5) is 0. The summed E-state index contributed by atoms with van der Waals surface area (Å²) in [5.74, 6) is 0.343. The van der Waals surface area contributed by atoms with Crippen LogP contribution in [0.2, 0.25) is 0 Å². The molecule has 0 spiro atoms. The topological polar surface area (TPSA) is 70.5 Å². The van der Waals surface area contributed by atoms with Gasteiger partial charge in [-0.25, -0.2) is 0 Å². The van der Waals surface area contributed by atoms with E-state index in [4.69, 9.17) is 19.7 Å². The molecule has 1 aromatic carbocycles. The van der Waals surface area contributed by atoms with Gasteiger partial charge in [0.05, 0.1) is 5.39 Å². The third-order valence-corrected chi connectivity index (χ3v) is 1.80. The third kappa shape index (κ3) is 1.55. The summed E-state index contributed by atoms with van der Waals surface area (Å²) in [7, 11) is 1.45. The highest BCUT2D eigenvalue weighted by atomic mass is 16.7. The molecule has 2 aromatic rings. The van der Waals surface area contributed by atoms with Gasteiger partial charge in [0.15, 0.2) is 5.58 Å². The summed E-state index contributed by atoms with van der Waals surface area (Å²) >= 11 is 0. The van der Waals surface area contributed by atoms with Gasteiger partial charge in [-0.2, -0.15) is 0 Å². The second-order valence-electron chi connectivity index (χ2n) is 2.71. The molecule has 14 heavy (non-hydrogen) atoms. The van der Waals surface area contributed by atoms with Crippen molar-refractivity contribution in [1.29, 1.82) is 0 Å². The number of rotatable bonds is 3. The molecule has 0 aliphatic rings. The minimum Gasteiger partial charge on any atom is -0.431 e. The molecule has 5 heteroatoms. The fourth-order valence-electron chi connectivity index (χ4n) is 1.11. The first kappa shape index (κ1) is 8.98. The van der Waals surface area contributed by atoms with Crippen LogP contribution >= 0.6 is 0 Å². The second kappa shape index (κ2) is 3.65. The lowest BCUT2D eigenvalue weighted by atomic mass is 10.3. The molecule has 5 nitrogen and oxygen atoms in total. The van der Waals surface area contributed by atoms with Gasteiger partial charge >= 0.3 is 0 Å². The molecule has 2 rings (SSSR count). The van der Waals surface area contributed by atoms with Crippen molar-refractivity contribution in [2.24, 2.45) is 5.73 Å². The van der Waals surface area contributed by atoms with Gasteiger partial charge in [0.2, 0.25) is 0 Å². The number of nitrogens with two attached hydrogens (primary N) is 1. The van der Waals surface area contributed by atoms with Crippen LogP contribution in [0.5, 0.6) is 5.88 Å².